The minimum absolute atomic E-state index is 0.516. The number of nitrogens with two attached hydrogens (primary N) is 1. The van der Waals surface area contributed by atoms with Crippen molar-refractivity contribution < 1.29 is 9.47 Å². The van der Waals surface area contributed by atoms with Crippen molar-refractivity contribution in [1.82, 2.24) is 0 Å². The number of ether oxygens (including phenoxy) is 2. The summed E-state index contributed by atoms with van der Waals surface area (Å²) in [7, 11) is 0. The van der Waals surface area contributed by atoms with Gasteiger partial charge in [0.15, 0.2) is 0 Å². The second-order valence-corrected chi connectivity index (χ2v) is 3.67. The molecule has 3 heteroatoms. The van der Waals surface area contributed by atoms with E-state index < -0.39 is 0 Å². The maximum atomic E-state index is 5.75. The van der Waals surface area contributed by atoms with E-state index in [0.29, 0.717) is 13.2 Å². The van der Waals surface area contributed by atoms with Crippen molar-refractivity contribution in [2.45, 2.75) is 26.8 Å². The van der Waals surface area contributed by atoms with Crippen molar-refractivity contribution >= 4 is 0 Å². The van der Waals surface area contributed by atoms with Crippen LogP contribution in [-0.4, -0.2) is 19.8 Å². The number of hydrogen-bond donors (Lipinski definition) is 1. The van der Waals surface area contributed by atoms with Gasteiger partial charge in [0.05, 0.1) is 6.61 Å². The first-order chi connectivity index (χ1) is 7.79. The number of para-hydroxylation sites is 1. The number of rotatable bonds is 7. The van der Waals surface area contributed by atoms with E-state index in [4.69, 9.17) is 15.2 Å². The first kappa shape index (κ1) is 13.0. The Morgan fingerprint density at radius 2 is 2.06 bits per heavy atom. The zero-order valence-corrected chi connectivity index (χ0v) is 10.2. The highest BCUT2D eigenvalue weighted by molar-refractivity contribution is 5.40. The standard InChI is InChI=1S/C13H21NO2/c1-3-15-8-5-9-16-13-11(2)6-4-7-12(13)10-14/h4,6-7H,3,5,8-10,14H2,1-2H3. The monoisotopic (exact) mass is 223 g/mol. The molecule has 0 unspecified atom stereocenters. The third-order valence-electron chi connectivity index (χ3n) is 2.40. The van der Waals surface area contributed by atoms with E-state index in [2.05, 4.69) is 0 Å². The summed E-state index contributed by atoms with van der Waals surface area (Å²) in [6, 6.07) is 6.05. The van der Waals surface area contributed by atoms with E-state index in [1.165, 1.54) is 0 Å². The molecule has 0 aromatic heterocycles. The molecule has 0 radical (unpaired) electrons. The molecule has 0 aliphatic rings. The Labute approximate surface area is 97.6 Å². The Morgan fingerprint density at radius 3 is 2.75 bits per heavy atom. The lowest BCUT2D eigenvalue weighted by Crippen LogP contribution is -2.07. The molecular weight excluding hydrogens is 202 g/mol. The minimum Gasteiger partial charge on any atom is -0.493 e. The molecule has 0 aliphatic carbocycles. The van der Waals surface area contributed by atoms with E-state index in [9.17, 15) is 0 Å². The van der Waals surface area contributed by atoms with Gasteiger partial charge in [-0.25, -0.2) is 0 Å². The molecule has 90 valence electrons. The molecule has 0 saturated carbocycles. The maximum absolute atomic E-state index is 5.75. The summed E-state index contributed by atoms with van der Waals surface area (Å²) in [5.74, 6) is 0.932. The van der Waals surface area contributed by atoms with Crippen molar-refractivity contribution in [2.75, 3.05) is 19.8 Å². The molecule has 1 aromatic carbocycles. The van der Waals surface area contributed by atoms with Crippen LogP contribution in [0, 0.1) is 6.92 Å². The lowest BCUT2D eigenvalue weighted by Gasteiger charge is -2.12. The van der Waals surface area contributed by atoms with Gasteiger partial charge in [-0.15, -0.1) is 0 Å². The molecule has 0 amide bonds. The van der Waals surface area contributed by atoms with Crippen molar-refractivity contribution in [3.05, 3.63) is 29.3 Å². The van der Waals surface area contributed by atoms with Crippen LogP contribution in [0.4, 0.5) is 0 Å². The molecule has 0 bridgehead atoms. The maximum Gasteiger partial charge on any atom is 0.126 e. The van der Waals surface area contributed by atoms with Crippen molar-refractivity contribution in [3.8, 4) is 5.75 Å². The average molecular weight is 223 g/mol. The zero-order chi connectivity index (χ0) is 11.8. The molecule has 0 spiro atoms. The molecule has 3 nitrogen and oxygen atoms in total. The molecular formula is C13H21NO2. The number of benzene rings is 1. The first-order valence-corrected chi connectivity index (χ1v) is 5.78. The summed E-state index contributed by atoms with van der Waals surface area (Å²) < 4.78 is 11.0. The molecule has 16 heavy (non-hydrogen) atoms. The van der Waals surface area contributed by atoms with Crippen LogP contribution >= 0.6 is 0 Å². The predicted octanol–water partition coefficient (Wildman–Crippen LogP) is 2.26. The Hall–Kier alpha value is -1.06. The van der Waals surface area contributed by atoms with Crippen LogP contribution in [0.25, 0.3) is 0 Å². The number of hydrogen-bond acceptors (Lipinski definition) is 3. The SMILES string of the molecule is CCOCCCOc1c(C)cccc1CN. The van der Waals surface area contributed by atoms with Gasteiger partial charge >= 0.3 is 0 Å². The molecule has 0 heterocycles. The van der Waals surface area contributed by atoms with Crippen LogP contribution in [0.1, 0.15) is 24.5 Å². The van der Waals surface area contributed by atoms with E-state index in [0.717, 1.165) is 36.5 Å². The Balaban J connectivity index is 2.46. The first-order valence-electron chi connectivity index (χ1n) is 5.78. The lowest BCUT2D eigenvalue weighted by molar-refractivity contribution is 0.130. The fraction of sp³-hybridized carbons (Fsp3) is 0.538. The number of aryl methyl sites for hydroxylation is 1. The van der Waals surface area contributed by atoms with Gasteiger partial charge in [-0.3, -0.25) is 0 Å². The van der Waals surface area contributed by atoms with Gasteiger partial charge in [0, 0.05) is 31.7 Å². The van der Waals surface area contributed by atoms with Gasteiger partial charge in [0.2, 0.25) is 0 Å². The van der Waals surface area contributed by atoms with Crippen LogP contribution in [0.15, 0.2) is 18.2 Å². The molecule has 1 aromatic rings. The summed E-state index contributed by atoms with van der Waals surface area (Å²) in [5.41, 5.74) is 7.87. The highest BCUT2D eigenvalue weighted by Crippen LogP contribution is 2.22. The van der Waals surface area contributed by atoms with Gasteiger partial charge in [-0.2, -0.15) is 0 Å². The fourth-order valence-electron chi connectivity index (χ4n) is 1.56. The van der Waals surface area contributed by atoms with Crippen LogP contribution in [0.5, 0.6) is 5.75 Å². The van der Waals surface area contributed by atoms with Crippen LogP contribution in [-0.2, 0) is 11.3 Å². The van der Waals surface area contributed by atoms with E-state index in [1.807, 2.05) is 32.0 Å². The van der Waals surface area contributed by atoms with Crippen molar-refractivity contribution in [1.29, 1.82) is 0 Å². The Bertz CT molecular complexity index is 313. The second kappa shape index (κ2) is 7.25. The third-order valence-corrected chi connectivity index (χ3v) is 2.40. The van der Waals surface area contributed by atoms with Crippen molar-refractivity contribution in [3.63, 3.8) is 0 Å². The van der Waals surface area contributed by atoms with Crippen LogP contribution < -0.4 is 10.5 Å². The molecule has 1 rings (SSSR count). The summed E-state index contributed by atoms with van der Waals surface area (Å²) in [6.07, 6.45) is 0.909. The average Bonchev–Trinajstić information content (AvgIpc) is 2.30. The topological polar surface area (TPSA) is 44.5 Å². The summed E-state index contributed by atoms with van der Waals surface area (Å²) in [5, 5.41) is 0. The largest absolute Gasteiger partial charge is 0.493 e. The highest BCUT2D eigenvalue weighted by atomic mass is 16.5. The van der Waals surface area contributed by atoms with Crippen molar-refractivity contribution in [2.24, 2.45) is 5.73 Å². The van der Waals surface area contributed by atoms with E-state index >= 15 is 0 Å². The van der Waals surface area contributed by atoms with Gasteiger partial charge in [-0.1, -0.05) is 18.2 Å². The summed E-state index contributed by atoms with van der Waals surface area (Å²) in [6.45, 7) is 6.74. The normalized spacial score (nSPS) is 10.4. The van der Waals surface area contributed by atoms with E-state index in [-0.39, 0.29) is 0 Å². The molecule has 0 aliphatic heterocycles. The summed E-state index contributed by atoms with van der Waals surface area (Å²) in [4.78, 5) is 0. The van der Waals surface area contributed by atoms with Crippen LogP contribution in [0.2, 0.25) is 0 Å². The molecule has 0 fully saturated rings. The summed E-state index contributed by atoms with van der Waals surface area (Å²) >= 11 is 0. The predicted molar refractivity (Wildman–Crippen MR) is 65.7 cm³/mol. The molecule has 0 atom stereocenters. The van der Waals surface area contributed by atoms with Crippen LogP contribution in [0.3, 0.4) is 0 Å². The third kappa shape index (κ3) is 3.83. The fourth-order valence-corrected chi connectivity index (χ4v) is 1.56. The zero-order valence-electron chi connectivity index (χ0n) is 10.2. The smallest absolute Gasteiger partial charge is 0.126 e. The minimum atomic E-state index is 0.516. The van der Waals surface area contributed by atoms with Gasteiger partial charge < -0.3 is 15.2 Å². The van der Waals surface area contributed by atoms with E-state index in [1.54, 1.807) is 0 Å². The molecule has 0 saturated heterocycles. The molecule has 2 N–H and O–H groups in total. The van der Waals surface area contributed by atoms with Gasteiger partial charge in [-0.05, 0) is 19.4 Å². The van der Waals surface area contributed by atoms with Gasteiger partial charge in [0.1, 0.15) is 5.75 Å². The second-order valence-electron chi connectivity index (χ2n) is 3.67. The Kier molecular flexibility index (Phi) is 5.90. The lowest BCUT2D eigenvalue weighted by atomic mass is 10.1. The highest BCUT2D eigenvalue weighted by Gasteiger charge is 2.04. The Morgan fingerprint density at radius 1 is 1.25 bits per heavy atom. The van der Waals surface area contributed by atoms with Gasteiger partial charge in [0.25, 0.3) is 0 Å². The quantitative estimate of drug-likeness (QED) is 0.721.